The molecule has 0 saturated heterocycles. The van der Waals surface area contributed by atoms with Gasteiger partial charge in [0.25, 0.3) is 11.8 Å². The highest BCUT2D eigenvalue weighted by Gasteiger charge is 2.18. The minimum atomic E-state index is -0.190. The van der Waals surface area contributed by atoms with E-state index in [1.54, 1.807) is 0 Å². The molecule has 2 aromatic heterocycles. The fourth-order valence-electron chi connectivity index (χ4n) is 7.55. The zero-order valence-corrected chi connectivity index (χ0v) is 32.4. The second-order valence-corrected chi connectivity index (χ2v) is 14.7. The molecule has 0 aliphatic heterocycles. The van der Waals surface area contributed by atoms with E-state index in [2.05, 4.69) is 86.9 Å². The van der Waals surface area contributed by atoms with Gasteiger partial charge in [-0.2, -0.15) is 0 Å². The van der Waals surface area contributed by atoms with Gasteiger partial charge in [0.1, 0.15) is 0 Å². The fourth-order valence-corrected chi connectivity index (χ4v) is 7.55. The van der Waals surface area contributed by atoms with E-state index in [0.717, 1.165) is 89.1 Å². The van der Waals surface area contributed by atoms with E-state index < -0.39 is 0 Å². The zero-order valence-electron chi connectivity index (χ0n) is 32.4. The molecule has 0 aliphatic carbocycles. The number of nitrogens with one attached hydrogen (secondary N) is 2. The van der Waals surface area contributed by atoms with Crippen LogP contribution >= 0.6 is 0 Å². The van der Waals surface area contributed by atoms with Gasteiger partial charge in [0, 0.05) is 33.3 Å². The lowest BCUT2D eigenvalue weighted by atomic mass is 9.98. The maximum absolute atomic E-state index is 13.9. The second-order valence-electron chi connectivity index (χ2n) is 14.7. The van der Waals surface area contributed by atoms with Crippen molar-refractivity contribution in [2.24, 2.45) is 0 Å². The molecule has 2 heterocycles. The molecule has 0 unspecified atom stereocenters. The zero-order chi connectivity index (χ0) is 39.1. The predicted octanol–water partition coefficient (Wildman–Crippen LogP) is 12.1. The summed E-state index contributed by atoms with van der Waals surface area (Å²) < 4.78 is 0. The van der Waals surface area contributed by atoms with Crippen molar-refractivity contribution in [3.63, 3.8) is 0 Å². The highest BCUT2D eigenvalue weighted by atomic mass is 16.2. The average Bonchev–Trinajstić information content (AvgIpc) is 3.18. The van der Waals surface area contributed by atoms with Gasteiger partial charge >= 0.3 is 0 Å². The molecule has 0 bridgehead atoms. The maximum Gasteiger partial charge on any atom is 0.256 e. The van der Waals surface area contributed by atoms with Crippen molar-refractivity contribution in [1.82, 2.24) is 9.97 Å². The minimum Gasteiger partial charge on any atom is -0.322 e. The molecule has 6 heteroatoms. The summed E-state index contributed by atoms with van der Waals surface area (Å²) in [6, 6.07) is 43.9. The first-order chi connectivity index (χ1) is 27.0. The summed E-state index contributed by atoms with van der Waals surface area (Å²) in [4.78, 5) is 37.7. The van der Waals surface area contributed by atoms with Gasteiger partial charge in [0.15, 0.2) is 0 Å². The molecule has 0 fully saturated rings. The summed E-state index contributed by atoms with van der Waals surface area (Å²) in [5.41, 5.74) is 16.2. The van der Waals surface area contributed by atoms with Crippen molar-refractivity contribution in [2.75, 3.05) is 10.6 Å². The van der Waals surface area contributed by atoms with Crippen molar-refractivity contribution in [1.29, 1.82) is 0 Å². The Morgan fingerprint density at radius 2 is 0.839 bits per heavy atom. The number of benzene rings is 6. The van der Waals surface area contributed by atoms with Crippen LogP contribution in [0.3, 0.4) is 0 Å². The Hall–Kier alpha value is -6.92. The van der Waals surface area contributed by atoms with Gasteiger partial charge in [-0.15, -0.1) is 0 Å². The van der Waals surface area contributed by atoms with E-state index in [-0.39, 0.29) is 11.8 Å². The van der Waals surface area contributed by atoms with E-state index in [1.807, 2.05) is 98.8 Å². The topological polar surface area (TPSA) is 84.0 Å². The number of hydrogen-bond donors (Lipinski definition) is 2. The maximum atomic E-state index is 13.9. The summed E-state index contributed by atoms with van der Waals surface area (Å²) in [6.07, 6.45) is 0. The molecule has 6 aromatic carbocycles. The number of carbonyl (C=O) groups is 2. The SMILES string of the molecule is Cc1ccc(-c2cc(C(=O)Nc3ccc(-c4ccc(NC(=O)c5cc(-c6ccc(C)cc6C)nc6ccccc56)c(C)c4)cc3C)c3ccccc3n2)c(C)c1. The Balaban J connectivity index is 1.04. The normalized spacial score (nSPS) is 11.2. The summed E-state index contributed by atoms with van der Waals surface area (Å²) in [5.74, 6) is -0.381. The lowest BCUT2D eigenvalue weighted by Gasteiger charge is -2.15. The van der Waals surface area contributed by atoms with Gasteiger partial charge in [-0.05, 0) is 123 Å². The lowest BCUT2D eigenvalue weighted by molar-refractivity contribution is 0.102. The number of amides is 2. The number of para-hydroxylation sites is 2. The highest BCUT2D eigenvalue weighted by Crippen LogP contribution is 2.33. The fraction of sp³-hybridized carbons (Fsp3) is 0.120. The van der Waals surface area contributed by atoms with Gasteiger partial charge in [0.05, 0.1) is 33.5 Å². The van der Waals surface area contributed by atoms with Crippen molar-refractivity contribution >= 4 is 45.0 Å². The Morgan fingerprint density at radius 3 is 1.23 bits per heavy atom. The summed E-state index contributed by atoms with van der Waals surface area (Å²) in [5, 5.41) is 7.94. The molecule has 8 aromatic rings. The molecule has 0 spiro atoms. The number of nitrogens with zero attached hydrogens (tertiary/aromatic N) is 2. The average molecular weight is 731 g/mol. The number of fused-ring (bicyclic) bond motifs is 2. The number of aromatic nitrogens is 2. The van der Waals surface area contributed by atoms with Gasteiger partial charge < -0.3 is 10.6 Å². The largest absolute Gasteiger partial charge is 0.322 e. The Morgan fingerprint density at radius 1 is 0.429 bits per heavy atom. The van der Waals surface area contributed by atoms with E-state index >= 15 is 0 Å². The molecule has 0 radical (unpaired) electrons. The van der Waals surface area contributed by atoms with Crippen molar-refractivity contribution in [3.8, 4) is 33.6 Å². The molecule has 0 aliphatic rings. The molecular weight excluding hydrogens is 689 g/mol. The van der Waals surface area contributed by atoms with Crippen LogP contribution in [0.2, 0.25) is 0 Å². The number of anilines is 2. The van der Waals surface area contributed by atoms with Gasteiger partial charge in [-0.3, -0.25) is 9.59 Å². The minimum absolute atomic E-state index is 0.190. The van der Waals surface area contributed by atoms with Crippen LogP contribution in [-0.4, -0.2) is 21.8 Å². The third kappa shape index (κ3) is 7.05. The number of pyridine rings is 2. The van der Waals surface area contributed by atoms with Gasteiger partial charge in [-0.25, -0.2) is 9.97 Å². The van der Waals surface area contributed by atoms with Crippen molar-refractivity contribution in [2.45, 2.75) is 41.5 Å². The molecular formula is C50H42N4O2. The summed E-state index contributed by atoms with van der Waals surface area (Å²) >= 11 is 0. The number of carbonyl (C=O) groups excluding carboxylic acids is 2. The van der Waals surface area contributed by atoms with Crippen molar-refractivity contribution in [3.05, 3.63) is 178 Å². The van der Waals surface area contributed by atoms with Crippen LogP contribution in [0.5, 0.6) is 0 Å². The van der Waals surface area contributed by atoms with Gasteiger partial charge in [0.2, 0.25) is 0 Å². The van der Waals surface area contributed by atoms with Crippen LogP contribution in [0, 0.1) is 41.5 Å². The molecule has 6 nitrogen and oxygen atoms in total. The lowest BCUT2D eigenvalue weighted by Crippen LogP contribution is -2.14. The van der Waals surface area contributed by atoms with Crippen molar-refractivity contribution < 1.29 is 9.59 Å². The van der Waals surface area contributed by atoms with Crippen LogP contribution in [0.1, 0.15) is 54.1 Å². The number of hydrogen-bond acceptors (Lipinski definition) is 4. The first-order valence-corrected chi connectivity index (χ1v) is 18.8. The van der Waals surface area contributed by atoms with E-state index in [4.69, 9.17) is 9.97 Å². The molecule has 2 amide bonds. The third-order valence-corrected chi connectivity index (χ3v) is 10.5. The molecule has 8 rings (SSSR count). The summed E-state index contributed by atoms with van der Waals surface area (Å²) in [6.45, 7) is 12.3. The first-order valence-electron chi connectivity index (χ1n) is 18.8. The van der Waals surface area contributed by atoms with E-state index in [9.17, 15) is 9.59 Å². The predicted molar refractivity (Wildman–Crippen MR) is 231 cm³/mol. The second kappa shape index (κ2) is 14.7. The van der Waals surface area contributed by atoms with E-state index in [1.165, 1.54) is 11.1 Å². The third-order valence-electron chi connectivity index (χ3n) is 10.5. The highest BCUT2D eigenvalue weighted by molar-refractivity contribution is 6.14. The molecule has 0 atom stereocenters. The standard InChI is InChI=1S/C50H42N4O2/c1-29-15-19-37(31(3)23-29)47-27-41(39-11-7-9-13-45(39)51-47)49(55)53-43-21-17-35(25-33(43)5)36-18-22-44(34(6)26-36)54-50(56)42-28-48(38-20-16-30(2)24-32(38)4)52-46-14-10-8-12-40(42)46/h7-28H,1-6H3,(H,53,55)(H,54,56). The Labute approximate surface area is 327 Å². The Kier molecular flexibility index (Phi) is 9.48. The smallest absolute Gasteiger partial charge is 0.256 e. The number of rotatable bonds is 7. The van der Waals surface area contributed by atoms with Gasteiger partial charge in [-0.1, -0.05) is 96.1 Å². The quantitative estimate of drug-likeness (QED) is 0.171. The van der Waals surface area contributed by atoms with Crippen LogP contribution in [-0.2, 0) is 0 Å². The molecule has 56 heavy (non-hydrogen) atoms. The van der Waals surface area contributed by atoms with Crippen LogP contribution in [0.25, 0.3) is 55.4 Å². The van der Waals surface area contributed by atoms with E-state index in [0.29, 0.717) is 11.1 Å². The van der Waals surface area contributed by atoms with Crippen LogP contribution < -0.4 is 10.6 Å². The molecule has 2 N–H and O–H groups in total. The monoisotopic (exact) mass is 730 g/mol. The van der Waals surface area contributed by atoms with Crippen LogP contribution in [0.4, 0.5) is 11.4 Å². The molecule has 0 saturated carbocycles. The van der Waals surface area contributed by atoms with Crippen LogP contribution in [0.15, 0.2) is 133 Å². The molecule has 274 valence electrons. The summed E-state index contributed by atoms with van der Waals surface area (Å²) in [7, 11) is 0. The number of aryl methyl sites for hydroxylation is 6. The Bertz CT molecular complexity index is 2680. The first kappa shape index (κ1) is 36.1.